The Morgan fingerprint density at radius 2 is 1.71 bits per heavy atom. The highest BCUT2D eigenvalue weighted by molar-refractivity contribution is 6.13. The number of alkyl halides is 3. The average Bonchev–Trinajstić information content (AvgIpc) is 3.57. The summed E-state index contributed by atoms with van der Waals surface area (Å²) in [6, 6.07) is 15.7. The molecule has 1 amide bonds. The number of hydrogen-bond donors (Lipinski definition) is 2. The molecule has 0 radical (unpaired) electrons. The summed E-state index contributed by atoms with van der Waals surface area (Å²) in [5.74, 6) is -1.81. The number of rotatable bonds is 5. The molecule has 0 aliphatic heterocycles. The molecular formula is C26H21F3N6O3. The summed E-state index contributed by atoms with van der Waals surface area (Å²) in [7, 11) is 0. The first-order valence-electron chi connectivity index (χ1n) is 11.7. The molecule has 2 N–H and O–H groups in total. The molecule has 6 rings (SSSR count). The van der Waals surface area contributed by atoms with E-state index in [0.29, 0.717) is 23.2 Å². The Kier molecular flexibility index (Phi) is 6.53. The van der Waals surface area contributed by atoms with Crippen LogP contribution in [0.4, 0.5) is 18.9 Å². The molecule has 9 nitrogen and oxygen atoms in total. The van der Waals surface area contributed by atoms with Crippen molar-refractivity contribution >= 4 is 39.5 Å². The van der Waals surface area contributed by atoms with Gasteiger partial charge in [-0.05, 0) is 49.1 Å². The number of pyridine rings is 1. The molecule has 1 aliphatic carbocycles. The third kappa shape index (κ3) is 5.05. The molecule has 1 aliphatic rings. The van der Waals surface area contributed by atoms with Crippen LogP contribution in [-0.4, -0.2) is 47.2 Å². The number of fused-ring (bicyclic) bond motifs is 3. The van der Waals surface area contributed by atoms with E-state index in [1.807, 2.05) is 22.8 Å². The van der Waals surface area contributed by atoms with Gasteiger partial charge in [-0.25, -0.2) is 14.8 Å². The normalized spacial score (nSPS) is 13.2. The van der Waals surface area contributed by atoms with Gasteiger partial charge in [-0.1, -0.05) is 18.2 Å². The van der Waals surface area contributed by atoms with E-state index in [9.17, 15) is 18.0 Å². The van der Waals surface area contributed by atoms with Crippen LogP contribution in [-0.2, 0) is 11.3 Å². The maximum Gasteiger partial charge on any atom is 0.490 e. The van der Waals surface area contributed by atoms with Crippen LogP contribution in [0.5, 0.6) is 0 Å². The van der Waals surface area contributed by atoms with Crippen LogP contribution in [0.3, 0.4) is 0 Å². The van der Waals surface area contributed by atoms with Crippen LogP contribution in [0, 0.1) is 5.92 Å². The summed E-state index contributed by atoms with van der Waals surface area (Å²) >= 11 is 0. The van der Waals surface area contributed by atoms with Gasteiger partial charge in [-0.15, -0.1) is 0 Å². The molecule has 1 saturated carbocycles. The van der Waals surface area contributed by atoms with Crippen LogP contribution in [0.1, 0.15) is 23.3 Å². The van der Waals surface area contributed by atoms with E-state index in [0.717, 1.165) is 23.0 Å². The number of aromatic nitrogens is 5. The van der Waals surface area contributed by atoms with Crippen molar-refractivity contribution in [2.45, 2.75) is 25.6 Å². The Labute approximate surface area is 213 Å². The number of benzene rings is 1. The minimum Gasteiger partial charge on any atom is -0.475 e. The van der Waals surface area contributed by atoms with Crippen LogP contribution in [0.25, 0.3) is 27.9 Å². The van der Waals surface area contributed by atoms with Crippen molar-refractivity contribution in [3.8, 4) is 5.95 Å². The van der Waals surface area contributed by atoms with E-state index in [1.54, 1.807) is 36.9 Å². The smallest absolute Gasteiger partial charge is 0.475 e. The number of nitrogens with one attached hydrogen (secondary N) is 1. The molecule has 38 heavy (non-hydrogen) atoms. The highest BCUT2D eigenvalue weighted by Crippen LogP contribution is 2.38. The van der Waals surface area contributed by atoms with E-state index in [-0.39, 0.29) is 5.91 Å². The molecule has 4 heterocycles. The molecule has 12 heteroatoms. The molecule has 194 valence electrons. The van der Waals surface area contributed by atoms with Crippen LogP contribution >= 0.6 is 0 Å². The lowest BCUT2D eigenvalue weighted by Gasteiger charge is -2.09. The minimum atomic E-state index is -5.08. The fourth-order valence-electron chi connectivity index (χ4n) is 4.17. The van der Waals surface area contributed by atoms with Gasteiger partial charge in [0.25, 0.3) is 5.91 Å². The largest absolute Gasteiger partial charge is 0.490 e. The molecule has 0 bridgehead atoms. The van der Waals surface area contributed by atoms with Gasteiger partial charge in [0.05, 0.1) is 28.4 Å². The monoisotopic (exact) mass is 522 g/mol. The molecule has 4 aromatic heterocycles. The van der Waals surface area contributed by atoms with Crippen molar-refractivity contribution in [1.82, 2.24) is 24.1 Å². The number of carboxylic acids is 1. The van der Waals surface area contributed by atoms with Gasteiger partial charge in [-0.3, -0.25) is 14.3 Å². The van der Waals surface area contributed by atoms with Gasteiger partial charge in [0, 0.05) is 30.5 Å². The van der Waals surface area contributed by atoms with Crippen molar-refractivity contribution in [3.05, 3.63) is 79.0 Å². The van der Waals surface area contributed by atoms with Crippen molar-refractivity contribution in [2.75, 3.05) is 5.32 Å². The number of aliphatic carboxylic acids is 1. The number of carbonyl (C=O) groups excluding carboxylic acids is 1. The zero-order valence-electron chi connectivity index (χ0n) is 19.8. The fraction of sp³-hybridized carbons (Fsp3) is 0.192. The highest BCUT2D eigenvalue weighted by Gasteiger charge is 2.38. The zero-order chi connectivity index (χ0) is 26.9. The number of carbonyl (C=O) groups is 2. The predicted octanol–water partition coefficient (Wildman–Crippen LogP) is 5.07. The second-order valence-electron chi connectivity index (χ2n) is 8.72. The Hall–Kier alpha value is -4.74. The van der Waals surface area contributed by atoms with Crippen molar-refractivity contribution in [2.24, 2.45) is 5.92 Å². The van der Waals surface area contributed by atoms with Gasteiger partial charge in [0.2, 0.25) is 5.95 Å². The number of nitrogens with zero attached hydrogens (tertiary/aromatic N) is 5. The second-order valence-corrected chi connectivity index (χ2v) is 8.72. The maximum atomic E-state index is 13.3. The van der Waals surface area contributed by atoms with Crippen LogP contribution < -0.4 is 5.32 Å². The third-order valence-corrected chi connectivity index (χ3v) is 6.01. The summed E-state index contributed by atoms with van der Waals surface area (Å²) < 4.78 is 35.9. The van der Waals surface area contributed by atoms with Crippen molar-refractivity contribution < 1.29 is 27.9 Å². The number of halogens is 3. The number of anilines is 1. The molecule has 0 saturated heterocycles. The number of para-hydroxylation sites is 1. The Balaban J connectivity index is 0.000000374. The van der Waals surface area contributed by atoms with Gasteiger partial charge >= 0.3 is 12.1 Å². The van der Waals surface area contributed by atoms with E-state index < -0.39 is 12.1 Å². The molecule has 0 unspecified atom stereocenters. The Morgan fingerprint density at radius 3 is 2.34 bits per heavy atom. The molecule has 0 atom stereocenters. The molecule has 5 aromatic rings. The number of hydrogen-bond acceptors (Lipinski definition) is 5. The zero-order valence-corrected chi connectivity index (χ0v) is 19.8. The first-order chi connectivity index (χ1) is 18.2. The average molecular weight is 522 g/mol. The lowest BCUT2D eigenvalue weighted by Crippen LogP contribution is -2.21. The van der Waals surface area contributed by atoms with E-state index in [4.69, 9.17) is 9.90 Å². The summed E-state index contributed by atoms with van der Waals surface area (Å²) in [5, 5.41) is 11.2. The molecule has 1 aromatic carbocycles. The first-order valence-corrected chi connectivity index (χ1v) is 11.7. The maximum absolute atomic E-state index is 13.3. The second kappa shape index (κ2) is 9.96. The minimum absolute atomic E-state index is 0.223. The van der Waals surface area contributed by atoms with Gasteiger partial charge in [0.15, 0.2) is 0 Å². The third-order valence-electron chi connectivity index (χ3n) is 6.01. The summed E-state index contributed by atoms with van der Waals surface area (Å²) in [6.45, 7) is 0.952. The number of carboxylic acid groups (broad SMARTS) is 1. The van der Waals surface area contributed by atoms with E-state index in [1.165, 1.54) is 18.4 Å². The lowest BCUT2D eigenvalue weighted by molar-refractivity contribution is -0.192. The Morgan fingerprint density at radius 1 is 1.00 bits per heavy atom. The Bertz CT molecular complexity index is 1610. The highest BCUT2D eigenvalue weighted by atomic mass is 19.4. The molecular weight excluding hydrogens is 501 g/mol. The van der Waals surface area contributed by atoms with Crippen LogP contribution in [0.2, 0.25) is 0 Å². The lowest BCUT2D eigenvalue weighted by atomic mass is 10.2. The summed E-state index contributed by atoms with van der Waals surface area (Å²) in [4.78, 5) is 35.2. The topological polar surface area (TPSA) is 115 Å². The van der Waals surface area contributed by atoms with Crippen molar-refractivity contribution in [1.29, 1.82) is 0 Å². The van der Waals surface area contributed by atoms with Crippen LogP contribution in [0.15, 0.2) is 73.3 Å². The van der Waals surface area contributed by atoms with Crippen molar-refractivity contribution in [3.63, 3.8) is 0 Å². The molecule has 0 spiro atoms. The fourth-order valence-corrected chi connectivity index (χ4v) is 4.17. The number of amides is 1. The predicted molar refractivity (Wildman–Crippen MR) is 133 cm³/mol. The SMILES string of the molecule is O=C(Nc1cccnc1)c1cc2c(c3ccccc3n2CC2CC2)n1-c1ncccn1.O=C(O)C(F)(F)F. The van der Waals surface area contributed by atoms with Gasteiger partial charge in [-0.2, -0.15) is 13.2 Å². The summed E-state index contributed by atoms with van der Waals surface area (Å²) in [5.41, 5.74) is 4.29. The standard InChI is InChI=1S/C24H20N6O.C2HF3O2/c31-23(28-17-5-3-10-25-14-17)21-13-20-22(30(21)24-26-11-4-12-27-24)18-6-1-2-7-19(18)29(20)15-16-8-9-16;3-2(4,5)1(6)7/h1-7,10-14,16H,8-9,15H2,(H,28,31);(H,6,7). The first kappa shape index (κ1) is 24.9. The van der Waals surface area contributed by atoms with E-state index >= 15 is 0 Å². The summed E-state index contributed by atoms with van der Waals surface area (Å²) in [6.07, 6.45) is 4.13. The van der Waals surface area contributed by atoms with Gasteiger partial charge < -0.3 is 15.0 Å². The quantitative estimate of drug-likeness (QED) is 0.333. The van der Waals surface area contributed by atoms with Gasteiger partial charge in [0.1, 0.15) is 5.69 Å². The van der Waals surface area contributed by atoms with E-state index in [2.05, 4.69) is 43.0 Å². The molecule has 1 fully saturated rings.